The van der Waals surface area contributed by atoms with E-state index in [9.17, 15) is 24.0 Å². The lowest BCUT2D eigenvalue weighted by Gasteiger charge is -2.23. The van der Waals surface area contributed by atoms with Crippen LogP contribution in [0.25, 0.3) is 0 Å². The number of anilines is 2. The van der Waals surface area contributed by atoms with Crippen molar-refractivity contribution in [1.82, 2.24) is 9.13 Å². The normalized spacial score (nSPS) is 16.4. The first kappa shape index (κ1) is 25.9. The van der Waals surface area contributed by atoms with E-state index in [1.54, 1.807) is 4.90 Å². The van der Waals surface area contributed by atoms with Crippen LogP contribution < -0.4 is 21.9 Å². The molecule has 1 fully saturated rings. The molecule has 3 rings (SSSR count). The van der Waals surface area contributed by atoms with E-state index in [4.69, 9.17) is 10.5 Å². The lowest BCUT2D eigenvalue weighted by Crippen LogP contribution is -2.43. The van der Waals surface area contributed by atoms with Gasteiger partial charge in [-0.2, -0.15) is 0 Å². The van der Waals surface area contributed by atoms with Gasteiger partial charge >= 0.3 is 11.7 Å². The molecule has 1 aliphatic rings. The Balaban J connectivity index is 1.74. The molecule has 188 valence electrons. The molecular formula is C25H32N4O6. The van der Waals surface area contributed by atoms with E-state index >= 15 is 0 Å². The van der Waals surface area contributed by atoms with E-state index < -0.39 is 35.5 Å². The molecule has 10 nitrogen and oxygen atoms in total. The van der Waals surface area contributed by atoms with Crippen LogP contribution in [-0.2, 0) is 27.9 Å². The molecule has 2 N–H and O–H groups in total. The molecule has 1 amide bonds. The number of hydrogen-bond donors (Lipinski definition) is 1. The minimum absolute atomic E-state index is 0.0346. The zero-order valence-corrected chi connectivity index (χ0v) is 20.6. The van der Waals surface area contributed by atoms with E-state index in [-0.39, 0.29) is 42.7 Å². The Morgan fingerprint density at radius 2 is 1.86 bits per heavy atom. The maximum absolute atomic E-state index is 12.8. The molecule has 10 heteroatoms. The molecule has 2 atom stereocenters. The Hall–Kier alpha value is -3.69. The van der Waals surface area contributed by atoms with Crippen LogP contribution in [0.2, 0.25) is 0 Å². The molecule has 1 aliphatic heterocycles. The van der Waals surface area contributed by atoms with Crippen LogP contribution in [-0.4, -0.2) is 39.9 Å². The van der Waals surface area contributed by atoms with Gasteiger partial charge in [0.05, 0.1) is 5.92 Å². The third-order valence-electron chi connectivity index (χ3n) is 6.48. The number of rotatable bonds is 9. The minimum Gasteiger partial charge on any atom is -0.457 e. The summed E-state index contributed by atoms with van der Waals surface area (Å²) in [6, 6.07) is 7.61. The largest absolute Gasteiger partial charge is 0.457 e. The predicted molar refractivity (Wildman–Crippen MR) is 132 cm³/mol. The average Bonchev–Trinajstić information content (AvgIpc) is 3.24. The van der Waals surface area contributed by atoms with Crippen LogP contribution in [0.3, 0.4) is 0 Å². The van der Waals surface area contributed by atoms with Gasteiger partial charge in [0.15, 0.2) is 6.61 Å². The number of carbonyl (C=O) groups excluding carboxylic acids is 3. The van der Waals surface area contributed by atoms with Crippen molar-refractivity contribution >= 4 is 29.2 Å². The van der Waals surface area contributed by atoms with Crippen molar-refractivity contribution in [3.05, 3.63) is 56.2 Å². The molecule has 1 aromatic heterocycles. The first-order chi connectivity index (χ1) is 16.6. The molecule has 1 aromatic carbocycles. The lowest BCUT2D eigenvalue weighted by molar-refractivity contribution is -0.147. The van der Waals surface area contributed by atoms with Crippen molar-refractivity contribution in [3.63, 3.8) is 0 Å². The van der Waals surface area contributed by atoms with Gasteiger partial charge in [-0.15, -0.1) is 0 Å². The molecule has 2 heterocycles. The van der Waals surface area contributed by atoms with Crippen molar-refractivity contribution in [2.75, 3.05) is 23.8 Å². The zero-order valence-electron chi connectivity index (χ0n) is 20.6. The van der Waals surface area contributed by atoms with Crippen LogP contribution >= 0.6 is 0 Å². The van der Waals surface area contributed by atoms with Crippen LogP contribution in [0.15, 0.2) is 33.9 Å². The number of nitrogens with two attached hydrogens (primary N) is 1. The third-order valence-corrected chi connectivity index (χ3v) is 6.48. The number of nitrogens with zero attached hydrogens (tertiary/aromatic N) is 3. The standard InChI is InChI=1S/C25H32N4O6/c1-5-11-28-22(26)21(23(32)27(4)25(28)34)19(30)14-35-24(33)16-12-20(31)29(13-16)18-10-8-7-9-17(18)15(3)6-2/h7-10,15-16H,5-6,11-14,26H2,1-4H3/t15-,16-/m0/s1. The smallest absolute Gasteiger partial charge is 0.332 e. The summed E-state index contributed by atoms with van der Waals surface area (Å²) >= 11 is 0. The first-order valence-corrected chi connectivity index (χ1v) is 11.8. The fourth-order valence-electron chi connectivity index (χ4n) is 4.28. The average molecular weight is 485 g/mol. The summed E-state index contributed by atoms with van der Waals surface area (Å²) in [4.78, 5) is 64.6. The molecule has 1 saturated heterocycles. The van der Waals surface area contributed by atoms with Gasteiger partial charge in [0.2, 0.25) is 11.7 Å². The van der Waals surface area contributed by atoms with Crippen molar-refractivity contribution < 1.29 is 19.1 Å². The molecule has 0 spiro atoms. The number of amides is 1. The van der Waals surface area contributed by atoms with E-state index in [2.05, 4.69) is 13.8 Å². The summed E-state index contributed by atoms with van der Waals surface area (Å²) in [6.45, 7) is 5.64. The van der Waals surface area contributed by atoms with Gasteiger partial charge in [0, 0.05) is 32.2 Å². The Kier molecular flexibility index (Phi) is 7.93. The molecule has 35 heavy (non-hydrogen) atoms. The van der Waals surface area contributed by atoms with Gasteiger partial charge in [-0.1, -0.05) is 39.0 Å². The Bertz CT molecular complexity index is 1260. The summed E-state index contributed by atoms with van der Waals surface area (Å²) in [7, 11) is 1.26. The van der Waals surface area contributed by atoms with E-state index in [0.29, 0.717) is 6.42 Å². The molecule has 2 aromatic rings. The first-order valence-electron chi connectivity index (χ1n) is 11.8. The monoisotopic (exact) mass is 484 g/mol. The van der Waals surface area contributed by atoms with Crippen LogP contribution in [0.4, 0.5) is 11.5 Å². The number of carbonyl (C=O) groups is 3. The van der Waals surface area contributed by atoms with E-state index in [0.717, 1.165) is 26.8 Å². The van der Waals surface area contributed by atoms with Gasteiger partial charge < -0.3 is 15.4 Å². The molecule has 0 unspecified atom stereocenters. The number of Topliss-reactive ketones (excluding diaryl/α,β-unsaturated/α-hetero) is 1. The van der Waals surface area contributed by atoms with Crippen molar-refractivity contribution in [3.8, 4) is 0 Å². The number of ether oxygens (including phenoxy) is 1. The fourth-order valence-corrected chi connectivity index (χ4v) is 4.28. The number of aromatic nitrogens is 2. The molecule has 0 saturated carbocycles. The van der Waals surface area contributed by atoms with Gasteiger partial charge in [0.1, 0.15) is 11.4 Å². The molecule has 0 bridgehead atoms. The maximum Gasteiger partial charge on any atom is 0.332 e. The van der Waals surface area contributed by atoms with Crippen LogP contribution in [0.5, 0.6) is 0 Å². The van der Waals surface area contributed by atoms with Gasteiger partial charge in [-0.3, -0.25) is 28.3 Å². The highest BCUT2D eigenvalue weighted by Crippen LogP contribution is 2.33. The van der Waals surface area contributed by atoms with Gasteiger partial charge in [0.25, 0.3) is 5.56 Å². The van der Waals surface area contributed by atoms with Crippen LogP contribution in [0.1, 0.15) is 61.9 Å². The zero-order chi connectivity index (χ0) is 25.9. The second-order valence-corrected chi connectivity index (χ2v) is 8.86. The number of para-hydroxylation sites is 1. The molecule has 0 aliphatic carbocycles. The Labute approximate surface area is 203 Å². The Morgan fingerprint density at radius 1 is 1.17 bits per heavy atom. The number of esters is 1. The number of hydrogen-bond acceptors (Lipinski definition) is 7. The highest BCUT2D eigenvalue weighted by atomic mass is 16.5. The summed E-state index contributed by atoms with van der Waals surface area (Å²) in [6.07, 6.45) is 1.44. The SMILES string of the molecule is CCCn1c(N)c(C(=O)COC(=O)[C@H]2CC(=O)N(c3ccccc3[C@@H](C)CC)C2)c(=O)n(C)c1=O. The fraction of sp³-hybridized carbons (Fsp3) is 0.480. The summed E-state index contributed by atoms with van der Waals surface area (Å²) in [5.41, 5.74) is 5.90. The molecule has 0 radical (unpaired) electrons. The van der Waals surface area contributed by atoms with Gasteiger partial charge in [-0.05, 0) is 30.4 Å². The summed E-state index contributed by atoms with van der Waals surface area (Å²) < 4.78 is 7.16. The minimum atomic E-state index is -0.843. The van der Waals surface area contributed by atoms with Crippen molar-refractivity contribution in [2.24, 2.45) is 13.0 Å². The highest BCUT2D eigenvalue weighted by molar-refractivity contribution is 6.02. The highest BCUT2D eigenvalue weighted by Gasteiger charge is 2.37. The van der Waals surface area contributed by atoms with E-state index in [1.807, 2.05) is 31.2 Å². The topological polar surface area (TPSA) is 134 Å². The van der Waals surface area contributed by atoms with E-state index in [1.165, 1.54) is 7.05 Å². The number of ketones is 1. The summed E-state index contributed by atoms with van der Waals surface area (Å²) in [5.74, 6) is -2.44. The van der Waals surface area contributed by atoms with Crippen LogP contribution in [0, 0.1) is 5.92 Å². The second kappa shape index (κ2) is 10.7. The maximum atomic E-state index is 12.8. The van der Waals surface area contributed by atoms with Gasteiger partial charge in [-0.25, -0.2) is 4.79 Å². The summed E-state index contributed by atoms with van der Waals surface area (Å²) in [5, 5.41) is 0. The number of nitrogen functional groups attached to an aromatic ring is 1. The third kappa shape index (κ3) is 5.06. The van der Waals surface area contributed by atoms with Crippen molar-refractivity contribution in [2.45, 2.75) is 52.5 Å². The molecular weight excluding hydrogens is 452 g/mol. The lowest BCUT2D eigenvalue weighted by atomic mass is 9.96. The second-order valence-electron chi connectivity index (χ2n) is 8.86. The van der Waals surface area contributed by atoms with Crippen molar-refractivity contribution in [1.29, 1.82) is 0 Å². The predicted octanol–water partition coefficient (Wildman–Crippen LogP) is 1.83. The Morgan fingerprint density at radius 3 is 2.51 bits per heavy atom. The quantitative estimate of drug-likeness (QED) is 0.424. The number of benzene rings is 1.